The Morgan fingerprint density at radius 2 is 1.38 bits per heavy atom. The number of piperidine rings is 1. The number of hydrogen-bond acceptors (Lipinski definition) is 7. The van der Waals surface area contributed by atoms with Crippen LogP contribution in [0.4, 0.5) is 0 Å². The lowest BCUT2D eigenvalue weighted by Gasteiger charge is -2.32. The summed E-state index contributed by atoms with van der Waals surface area (Å²) in [4.78, 5) is 2.49. The van der Waals surface area contributed by atoms with Crippen LogP contribution in [-0.2, 0) is 18.9 Å². The van der Waals surface area contributed by atoms with E-state index < -0.39 is 0 Å². The number of thioether (sulfide) groups is 1. The van der Waals surface area contributed by atoms with Gasteiger partial charge in [-0.1, -0.05) is 6.92 Å². The first-order valence-corrected chi connectivity index (χ1v) is 11.5. The molecule has 0 radical (unpaired) electrons. The Balaban J connectivity index is 1.72. The Bertz CT molecular complexity index is 293. The van der Waals surface area contributed by atoms with Crippen LogP contribution in [0.1, 0.15) is 26.2 Å². The van der Waals surface area contributed by atoms with Crippen LogP contribution in [0.15, 0.2) is 0 Å². The summed E-state index contributed by atoms with van der Waals surface area (Å²) in [6.45, 7) is 12.1. The third-order valence-corrected chi connectivity index (χ3v) is 5.08. The number of hydrogen-bond donors (Lipinski definition) is 1. The lowest BCUT2D eigenvalue weighted by atomic mass is 10.1. The molecule has 7 heteroatoms. The number of rotatable bonds is 18. The fraction of sp³-hybridized carbons (Fsp3) is 1.00. The Morgan fingerprint density at radius 3 is 1.92 bits per heavy atom. The number of nitrogens with one attached hydrogen (secondary N) is 1. The van der Waals surface area contributed by atoms with E-state index in [-0.39, 0.29) is 0 Å². The summed E-state index contributed by atoms with van der Waals surface area (Å²) in [6, 6.07) is 0.708. The largest absolute Gasteiger partial charge is 0.379 e. The maximum absolute atomic E-state index is 5.66. The summed E-state index contributed by atoms with van der Waals surface area (Å²) in [6.07, 6.45) is 5.72. The summed E-state index contributed by atoms with van der Waals surface area (Å²) < 4.78 is 22.1. The molecule has 0 saturated carbocycles. The van der Waals surface area contributed by atoms with Crippen molar-refractivity contribution in [3.63, 3.8) is 0 Å². The van der Waals surface area contributed by atoms with Crippen molar-refractivity contribution in [2.75, 3.05) is 91.0 Å². The first kappa shape index (κ1) is 24.1. The van der Waals surface area contributed by atoms with Gasteiger partial charge in [-0.2, -0.15) is 11.8 Å². The molecule has 0 bridgehead atoms. The molecule has 0 unspecified atom stereocenters. The van der Waals surface area contributed by atoms with E-state index in [1.165, 1.54) is 25.9 Å². The topological polar surface area (TPSA) is 52.2 Å². The van der Waals surface area contributed by atoms with Gasteiger partial charge in [0.25, 0.3) is 0 Å². The fourth-order valence-electron chi connectivity index (χ4n) is 2.91. The average Bonchev–Trinajstić information content (AvgIpc) is 2.66. The van der Waals surface area contributed by atoms with Gasteiger partial charge in [-0.3, -0.25) is 0 Å². The summed E-state index contributed by atoms with van der Waals surface area (Å²) in [5, 5.41) is 3.53. The van der Waals surface area contributed by atoms with Crippen molar-refractivity contribution >= 4 is 11.8 Å². The first-order chi connectivity index (χ1) is 12.9. The lowest BCUT2D eigenvalue weighted by Crippen LogP contribution is -2.43. The van der Waals surface area contributed by atoms with Gasteiger partial charge in [0.2, 0.25) is 0 Å². The quantitative estimate of drug-likeness (QED) is 0.357. The van der Waals surface area contributed by atoms with Gasteiger partial charge in [-0.25, -0.2) is 0 Å². The molecule has 1 heterocycles. The van der Waals surface area contributed by atoms with Crippen LogP contribution in [0.2, 0.25) is 0 Å². The molecule has 0 atom stereocenters. The van der Waals surface area contributed by atoms with Crippen molar-refractivity contribution in [3.8, 4) is 0 Å². The van der Waals surface area contributed by atoms with Gasteiger partial charge in [-0.05, 0) is 50.9 Å². The SMILES string of the molecule is CCNC1CCN(CCOCCOCCOCCOCCCSC)CC1. The zero-order valence-electron chi connectivity index (χ0n) is 16.9. The van der Waals surface area contributed by atoms with Crippen LogP contribution < -0.4 is 5.32 Å². The van der Waals surface area contributed by atoms with Gasteiger partial charge in [0.1, 0.15) is 0 Å². The molecule has 0 spiro atoms. The highest BCUT2D eigenvalue weighted by Crippen LogP contribution is 2.09. The number of likely N-dealkylation sites (tertiary alicyclic amines) is 1. The molecule has 0 aromatic rings. The third-order valence-electron chi connectivity index (χ3n) is 4.39. The van der Waals surface area contributed by atoms with Crippen LogP contribution in [0.5, 0.6) is 0 Å². The van der Waals surface area contributed by atoms with Crippen LogP contribution >= 0.6 is 11.8 Å². The minimum atomic E-state index is 0.619. The summed E-state index contributed by atoms with van der Waals surface area (Å²) in [5.74, 6) is 1.16. The standard InChI is InChI=1S/C19H40N2O4S/c1-3-20-19-5-7-21(8-6-19)9-11-23-13-15-25-17-16-24-14-12-22-10-4-18-26-2/h19-20H,3-18H2,1-2H3. The van der Waals surface area contributed by atoms with E-state index >= 15 is 0 Å². The minimum absolute atomic E-state index is 0.619. The second-order valence-corrected chi connectivity index (χ2v) is 7.46. The van der Waals surface area contributed by atoms with E-state index in [1.807, 2.05) is 11.8 Å². The molecule has 6 nitrogen and oxygen atoms in total. The Morgan fingerprint density at radius 1 is 0.846 bits per heavy atom. The molecule has 0 aromatic carbocycles. The normalized spacial score (nSPS) is 16.4. The minimum Gasteiger partial charge on any atom is -0.379 e. The van der Waals surface area contributed by atoms with Gasteiger partial charge < -0.3 is 29.2 Å². The van der Waals surface area contributed by atoms with Crippen molar-refractivity contribution in [1.82, 2.24) is 10.2 Å². The molecule has 1 aliphatic rings. The zero-order chi connectivity index (χ0) is 18.7. The number of nitrogens with zero attached hydrogens (tertiary/aromatic N) is 1. The molecule has 1 N–H and O–H groups in total. The summed E-state index contributed by atoms with van der Waals surface area (Å²) in [5.41, 5.74) is 0. The van der Waals surface area contributed by atoms with E-state index in [1.54, 1.807) is 0 Å². The van der Waals surface area contributed by atoms with E-state index in [0.717, 1.165) is 38.5 Å². The fourth-order valence-corrected chi connectivity index (χ4v) is 3.32. The van der Waals surface area contributed by atoms with Crippen molar-refractivity contribution in [2.45, 2.75) is 32.2 Å². The molecule has 156 valence electrons. The van der Waals surface area contributed by atoms with Gasteiger partial charge in [0.05, 0.1) is 46.2 Å². The third kappa shape index (κ3) is 14.2. The predicted octanol–water partition coefficient (Wildman–Crippen LogP) is 1.88. The van der Waals surface area contributed by atoms with E-state index in [4.69, 9.17) is 18.9 Å². The van der Waals surface area contributed by atoms with Crippen LogP contribution in [-0.4, -0.2) is 102 Å². The average molecular weight is 393 g/mol. The predicted molar refractivity (Wildman–Crippen MR) is 109 cm³/mol. The van der Waals surface area contributed by atoms with E-state index in [9.17, 15) is 0 Å². The smallest absolute Gasteiger partial charge is 0.0701 e. The van der Waals surface area contributed by atoms with Crippen molar-refractivity contribution < 1.29 is 18.9 Å². The maximum atomic E-state index is 5.66. The number of ether oxygens (including phenoxy) is 4. The lowest BCUT2D eigenvalue weighted by molar-refractivity contribution is -0.00434. The summed E-state index contributed by atoms with van der Waals surface area (Å²) in [7, 11) is 0. The van der Waals surface area contributed by atoms with Crippen molar-refractivity contribution in [1.29, 1.82) is 0 Å². The molecule has 26 heavy (non-hydrogen) atoms. The molecule has 1 saturated heterocycles. The first-order valence-electron chi connectivity index (χ1n) is 10.1. The second kappa shape index (κ2) is 18.5. The van der Waals surface area contributed by atoms with Crippen molar-refractivity contribution in [3.05, 3.63) is 0 Å². The Kier molecular flexibility index (Phi) is 17.2. The van der Waals surface area contributed by atoms with Crippen LogP contribution in [0.3, 0.4) is 0 Å². The Labute approximate surface area is 164 Å². The van der Waals surface area contributed by atoms with Gasteiger partial charge in [0.15, 0.2) is 0 Å². The summed E-state index contributed by atoms with van der Waals surface area (Å²) >= 11 is 1.85. The molecule has 0 amide bonds. The van der Waals surface area contributed by atoms with Gasteiger partial charge >= 0.3 is 0 Å². The highest BCUT2D eigenvalue weighted by atomic mass is 32.2. The highest BCUT2D eigenvalue weighted by Gasteiger charge is 2.17. The molecule has 0 aliphatic carbocycles. The monoisotopic (exact) mass is 392 g/mol. The van der Waals surface area contributed by atoms with E-state index in [2.05, 4.69) is 23.4 Å². The van der Waals surface area contributed by atoms with Crippen LogP contribution in [0.25, 0.3) is 0 Å². The van der Waals surface area contributed by atoms with E-state index in [0.29, 0.717) is 45.7 Å². The Hall–Kier alpha value is 0.110. The molecule has 1 aliphatic heterocycles. The molecule has 1 rings (SSSR count). The highest BCUT2D eigenvalue weighted by molar-refractivity contribution is 7.98. The second-order valence-electron chi connectivity index (χ2n) is 6.47. The van der Waals surface area contributed by atoms with Gasteiger partial charge in [-0.15, -0.1) is 0 Å². The molecule has 1 fully saturated rings. The molecule has 0 aromatic heterocycles. The molecular formula is C19H40N2O4S. The molecular weight excluding hydrogens is 352 g/mol. The maximum Gasteiger partial charge on any atom is 0.0701 e. The zero-order valence-corrected chi connectivity index (χ0v) is 17.7. The van der Waals surface area contributed by atoms with Gasteiger partial charge in [0, 0.05) is 19.2 Å². The van der Waals surface area contributed by atoms with Crippen LogP contribution in [0, 0.1) is 0 Å². The van der Waals surface area contributed by atoms with Crippen molar-refractivity contribution in [2.24, 2.45) is 0 Å².